The molecule has 0 bridgehead atoms. The Labute approximate surface area is 130 Å². The van der Waals surface area contributed by atoms with Gasteiger partial charge in [0.25, 0.3) is 0 Å². The summed E-state index contributed by atoms with van der Waals surface area (Å²) in [7, 11) is 0. The van der Waals surface area contributed by atoms with Crippen LogP contribution >= 0.6 is 0 Å². The van der Waals surface area contributed by atoms with Crippen molar-refractivity contribution in [2.75, 3.05) is 6.54 Å². The molecule has 1 atom stereocenters. The van der Waals surface area contributed by atoms with Crippen molar-refractivity contribution in [3.63, 3.8) is 0 Å². The zero-order valence-corrected chi connectivity index (χ0v) is 13.0. The quantitative estimate of drug-likeness (QED) is 0.635. The fourth-order valence-corrected chi connectivity index (χ4v) is 1.92. The van der Waals surface area contributed by atoms with Crippen LogP contribution in [0.5, 0.6) is 0 Å². The average molecular weight is 303 g/mol. The van der Waals surface area contributed by atoms with Gasteiger partial charge < -0.3 is 11.1 Å². The highest BCUT2D eigenvalue weighted by atomic mass is 19.1. The van der Waals surface area contributed by atoms with Gasteiger partial charge in [0.15, 0.2) is 5.96 Å². The zero-order valence-electron chi connectivity index (χ0n) is 13.0. The minimum absolute atomic E-state index is 0.255. The maximum atomic E-state index is 12.9. The third kappa shape index (κ3) is 4.58. The topological polar surface area (TPSA) is 68.2 Å². The number of aliphatic imine (C=N–C) groups is 1. The highest BCUT2D eigenvalue weighted by Crippen LogP contribution is 2.09. The van der Waals surface area contributed by atoms with Crippen molar-refractivity contribution < 1.29 is 4.39 Å². The lowest BCUT2D eigenvalue weighted by Gasteiger charge is -2.11. The van der Waals surface area contributed by atoms with Gasteiger partial charge in [-0.25, -0.2) is 9.07 Å². The molecule has 0 aliphatic carbocycles. The minimum atomic E-state index is -0.255. The molecule has 0 aliphatic rings. The van der Waals surface area contributed by atoms with E-state index in [9.17, 15) is 4.39 Å². The summed E-state index contributed by atoms with van der Waals surface area (Å²) in [6.45, 7) is 4.73. The normalized spacial score (nSPS) is 13.1. The largest absolute Gasteiger partial charge is 0.370 e. The number of benzene rings is 1. The maximum Gasteiger partial charge on any atom is 0.188 e. The molecule has 0 spiro atoms. The number of hydrogen-bond acceptors (Lipinski definition) is 2. The van der Waals surface area contributed by atoms with Crippen molar-refractivity contribution in [1.82, 2.24) is 15.1 Å². The van der Waals surface area contributed by atoms with Crippen LogP contribution in [0, 0.1) is 5.82 Å². The molecule has 1 unspecified atom stereocenters. The van der Waals surface area contributed by atoms with Crippen molar-refractivity contribution in [2.45, 2.75) is 32.7 Å². The molecule has 1 heterocycles. The van der Waals surface area contributed by atoms with Crippen LogP contribution in [0.25, 0.3) is 5.69 Å². The van der Waals surface area contributed by atoms with Gasteiger partial charge in [-0.2, -0.15) is 5.10 Å². The summed E-state index contributed by atoms with van der Waals surface area (Å²) in [5, 5.41) is 7.57. The molecule has 0 saturated carbocycles. The van der Waals surface area contributed by atoms with E-state index in [0.717, 1.165) is 17.8 Å². The average Bonchev–Trinajstić information content (AvgIpc) is 2.96. The van der Waals surface area contributed by atoms with Crippen LogP contribution in [0.1, 0.15) is 26.0 Å². The number of nitrogens with two attached hydrogens (primary N) is 1. The van der Waals surface area contributed by atoms with Crippen molar-refractivity contribution in [3.8, 4) is 5.69 Å². The Kier molecular flexibility index (Phi) is 5.52. The fourth-order valence-electron chi connectivity index (χ4n) is 1.92. The summed E-state index contributed by atoms with van der Waals surface area (Å²) in [5.41, 5.74) is 7.55. The SMILES string of the molecule is CCC(C)NC(N)=NCCc1ccn(-c2ccc(F)cc2)n1. The summed E-state index contributed by atoms with van der Waals surface area (Å²) in [6, 6.07) is 8.47. The molecule has 0 radical (unpaired) electrons. The van der Waals surface area contributed by atoms with E-state index >= 15 is 0 Å². The third-order valence-corrected chi connectivity index (χ3v) is 3.39. The van der Waals surface area contributed by atoms with Crippen LogP contribution in [0.3, 0.4) is 0 Å². The molecular weight excluding hydrogens is 281 g/mol. The summed E-state index contributed by atoms with van der Waals surface area (Å²) in [5.74, 6) is 0.210. The Balaban J connectivity index is 1.90. The predicted molar refractivity (Wildman–Crippen MR) is 86.6 cm³/mol. The van der Waals surface area contributed by atoms with E-state index in [0.29, 0.717) is 25.0 Å². The van der Waals surface area contributed by atoms with Crippen LogP contribution in [0.4, 0.5) is 4.39 Å². The van der Waals surface area contributed by atoms with Gasteiger partial charge >= 0.3 is 0 Å². The highest BCUT2D eigenvalue weighted by Gasteiger charge is 2.02. The predicted octanol–water partition coefficient (Wildman–Crippen LogP) is 2.26. The number of hydrogen-bond donors (Lipinski definition) is 2. The van der Waals surface area contributed by atoms with Gasteiger partial charge in [-0.15, -0.1) is 0 Å². The molecule has 5 nitrogen and oxygen atoms in total. The Morgan fingerprint density at radius 3 is 2.77 bits per heavy atom. The Morgan fingerprint density at radius 2 is 2.09 bits per heavy atom. The molecule has 1 aromatic heterocycles. The lowest BCUT2D eigenvalue weighted by Crippen LogP contribution is -2.38. The Hall–Kier alpha value is -2.37. The molecule has 0 aliphatic heterocycles. The monoisotopic (exact) mass is 303 g/mol. The second kappa shape index (κ2) is 7.59. The van der Waals surface area contributed by atoms with Crippen LogP contribution in [0.2, 0.25) is 0 Å². The summed E-state index contributed by atoms with van der Waals surface area (Å²) >= 11 is 0. The van der Waals surface area contributed by atoms with Gasteiger partial charge in [-0.1, -0.05) is 6.92 Å². The van der Waals surface area contributed by atoms with Crippen molar-refractivity contribution in [2.24, 2.45) is 10.7 Å². The standard InChI is InChI=1S/C16H22FN5/c1-3-12(2)20-16(18)19-10-8-14-9-11-22(21-14)15-6-4-13(17)5-7-15/h4-7,9,11-12H,3,8,10H2,1-2H3,(H3,18,19,20). The molecule has 0 saturated heterocycles. The maximum absolute atomic E-state index is 12.9. The van der Waals surface area contributed by atoms with Crippen molar-refractivity contribution >= 4 is 5.96 Å². The summed E-state index contributed by atoms with van der Waals surface area (Å²) < 4.78 is 14.6. The molecule has 1 aromatic carbocycles. The van der Waals surface area contributed by atoms with Crippen molar-refractivity contribution in [3.05, 3.63) is 48.0 Å². The Bertz CT molecular complexity index is 618. The Morgan fingerprint density at radius 1 is 1.36 bits per heavy atom. The van der Waals surface area contributed by atoms with E-state index < -0.39 is 0 Å². The number of rotatable bonds is 6. The smallest absolute Gasteiger partial charge is 0.188 e. The second-order valence-electron chi connectivity index (χ2n) is 5.20. The van der Waals surface area contributed by atoms with Gasteiger partial charge in [-0.3, -0.25) is 4.99 Å². The van der Waals surface area contributed by atoms with Gasteiger partial charge in [-0.05, 0) is 43.7 Å². The summed E-state index contributed by atoms with van der Waals surface area (Å²) in [6.07, 6.45) is 3.56. The second-order valence-corrected chi connectivity index (χ2v) is 5.20. The van der Waals surface area contributed by atoms with Crippen LogP contribution in [-0.2, 0) is 6.42 Å². The lowest BCUT2D eigenvalue weighted by atomic mass is 10.3. The third-order valence-electron chi connectivity index (χ3n) is 3.39. The first-order valence-electron chi connectivity index (χ1n) is 7.45. The minimum Gasteiger partial charge on any atom is -0.370 e. The molecular formula is C16H22FN5. The molecule has 6 heteroatoms. The van der Waals surface area contributed by atoms with Gasteiger partial charge in [0.05, 0.1) is 11.4 Å². The van der Waals surface area contributed by atoms with Crippen LogP contribution in [-0.4, -0.2) is 28.3 Å². The molecule has 22 heavy (non-hydrogen) atoms. The zero-order chi connectivity index (χ0) is 15.9. The van der Waals surface area contributed by atoms with Gasteiger partial charge in [0.2, 0.25) is 0 Å². The van der Waals surface area contributed by atoms with Gasteiger partial charge in [0, 0.05) is 25.2 Å². The number of guanidine groups is 1. The van der Waals surface area contributed by atoms with E-state index in [-0.39, 0.29) is 5.82 Å². The number of nitrogens with one attached hydrogen (secondary N) is 1. The van der Waals surface area contributed by atoms with Crippen molar-refractivity contribution in [1.29, 1.82) is 0 Å². The number of aromatic nitrogens is 2. The van der Waals surface area contributed by atoms with E-state index in [1.54, 1.807) is 16.8 Å². The molecule has 3 N–H and O–H groups in total. The fraction of sp³-hybridized carbons (Fsp3) is 0.375. The van der Waals surface area contributed by atoms with E-state index in [1.807, 2.05) is 12.3 Å². The summed E-state index contributed by atoms with van der Waals surface area (Å²) in [4.78, 5) is 4.29. The first-order valence-corrected chi connectivity index (χ1v) is 7.45. The number of halogens is 1. The lowest BCUT2D eigenvalue weighted by molar-refractivity contribution is 0.627. The van der Waals surface area contributed by atoms with Crippen LogP contribution in [0.15, 0.2) is 41.5 Å². The molecule has 2 aromatic rings. The first kappa shape index (κ1) is 16.0. The number of nitrogens with zero attached hydrogens (tertiary/aromatic N) is 3. The highest BCUT2D eigenvalue weighted by molar-refractivity contribution is 5.78. The van der Waals surface area contributed by atoms with E-state index in [1.165, 1.54) is 12.1 Å². The van der Waals surface area contributed by atoms with Crippen LogP contribution < -0.4 is 11.1 Å². The molecule has 118 valence electrons. The van der Waals surface area contributed by atoms with Gasteiger partial charge in [0.1, 0.15) is 5.82 Å². The van der Waals surface area contributed by atoms with E-state index in [4.69, 9.17) is 5.73 Å². The molecule has 0 fully saturated rings. The van der Waals surface area contributed by atoms with E-state index in [2.05, 4.69) is 29.3 Å². The molecule has 2 rings (SSSR count). The molecule has 0 amide bonds. The first-order chi connectivity index (χ1) is 10.6.